The maximum atomic E-state index is 5.83. The normalized spacial score (nSPS) is 14.7. The summed E-state index contributed by atoms with van der Waals surface area (Å²) < 4.78 is 0. The van der Waals surface area contributed by atoms with Gasteiger partial charge in [0, 0.05) is 35.4 Å². The predicted octanol–water partition coefficient (Wildman–Crippen LogP) is 3.15. The summed E-state index contributed by atoms with van der Waals surface area (Å²) in [5.41, 5.74) is 3.40. The van der Waals surface area contributed by atoms with Gasteiger partial charge in [0.2, 0.25) is 5.95 Å². The third-order valence-corrected chi connectivity index (χ3v) is 4.61. The zero-order valence-corrected chi connectivity index (χ0v) is 11.8. The molecule has 0 amide bonds. The first-order valence-electron chi connectivity index (χ1n) is 5.96. The molecule has 3 nitrogen and oxygen atoms in total. The van der Waals surface area contributed by atoms with Crippen molar-refractivity contribution in [2.45, 2.75) is 25.8 Å². The molecule has 1 aliphatic rings. The van der Waals surface area contributed by atoms with Gasteiger partial charge in [-0.1, -0.05) is 0 Å². The number of thiophene rings is 1. The maximum absolute atomic E-state index is 5.83. The number of aryl methyl sites for hydroxylation is 1. The summed E-state index contributed by atoms with van der Waals surface area (Å²) in [4.78, 5) is 12.7. The molecule has 0 aromatic carbocycles. The van der Waals surface area contributed by atoms with E-state index in [1.165, 1.54) is 10.4 Å². The van der Waals surface area contributed by atoms with Crippen LogP contribution in [0.4, 0.5) is 5.95 Å². The summed E-state index contributed by atoms with van der Waals surface area (Å²) in [6.07, 6.45) is 2.93. The van der Waals surface area contributed by atoms with E-state index in [0.717, 1.165) is 36.7 Å². The summed E-state index contributed by atoms with van der Waals surface area (Å²) in [6.45, 7) is 3.90. The van der Waals surface area contributed by atoms with Gasteiger partial charge in [0.05, 0.1) is 5.88 Å². The molecule has 0 saturated carbocycles. The first-order valence-corrected chi connectivity index (χ1v) is 7.38. The molecule has 18 heavy (non-hydrogen) atoms. The van der Waals surface area contributed by atoms with Crippen LogP contribution >= 0.6 is 22.9 Å². The minimum atomic E-state index is 0.473. The van der Waals surface area contributed by atoms with Crippen LogP contribution in [0.3, 0.4) is 0 Å². The van der Waals surface area contributed by atoms with Gasteiger partial charge in [0.25, 0.3) is 0 Å². The van der Waals surface area contributed by atoms with Gasteiger partial charge in [-0.05, 0) is 30.4 Å². The van der Waals surface area contributed by atoms with E-state index in [9.17, 15) is 0 Å². The Morgan fingerprint density at radius 1 is 1.50 bits per heavy atom. The van der Waals surface area contributed by atoms with E-state index in [1.54, 1.807) is 0 Å². The lowest BCUT2D eigenvalue weighted by molar-refractivity contribution is 0.714. The Bertz CT molecular complexity index is 567. The highest BCUT2D eigenvalue weighted by molar-refractivity contribution is 7.10. The first kappa shape index (κ1) is 11.9. The van der Waals surface area contributed by atoms with Crippen LogP contribution in [0, 0.1) is 6.92 Å². The molecule has 0 saturated heterocycles. The van der Waals surface area contributed by atoms with Gasteiger partial charge in [-0.3, -0.25) is 0 Å². The van der Waals surface area contributed by atoms with Gasteiger partial charge >= 0.3 is 0 Å². The van der Waals surface area contributed by atoms with Crippen LogP contribution in [0.5, 0.6) is 0 Å². The number of halogens is 1. The van der Waals surface area contributed by atoms with Gasteiger partial charge in [0.15, 0.2) is 0 Å². The smallest absolute Gasteiger partial charge is 0.225 e. The average molecular weight is 280 g/mol. The second-order valence-corrected chi connectivity index (χ2v) is 5.72. The summed E-state index contributed by atoms with van der Waals surface area (Å²) >= 11 is 7.68. The van der Waals surface area contributed by atoms with E-state index in [-0.39, 0.29) is 0 Å². The molecule has 0 N–H and O–H groups in total. The van der Waals surface area contributed by atoms with Crippen molar-refractivity contribution in [3.63, 3.8) is 0 Å². The van der Waals surface area contributed by atoms with E-state index in [4.69, 9.17) is 11.6 Å². The number of anilines is 1. The van der Waals surface area contributed by atoms with Crippen molar-refractivity contribution < 1.29 is 0 Å². The van der Waals surface area contributed by atoms with Crippen molar-refractivity contribution in [1.82, 2.24) is 9.97 Å². The number of hydrogen-bond acceptors (Lipinski definition) is 4. The number of nitrogens with zero attached hydrogens (tertiary/aromatic N) is 3. The van der Waals surface area contributed by atoms with Crippen molar-refractivity contribution in [1.29, 1.82) is 0 Å². The molecule has 0 aliphatic carbocycles. The van der Waals surface area contributed by atoms with Gasteiger partial charge in [-0.2, -0.15) is 0 Å². The molecular weight excluding hydrogens is 266 g/mol. The zero-order chi connectivity index (χ0) is 12.5. The van der Waals surface area contributed by atoms with Crippen LogP contribution in [-0.4, -0.2) is 16.5 Å². The highest BCUT2D eigenvalue weighted by atomic mass is 35.5. The van der Waals surface area contributed by atoms with Crippen LogP contribution in [0.25, 0.3) is 0 Å². The largest absolute Gasteiger partial charge is 0.336 e. The van der Waals surface area contributed by atoms with E-state index in [1.807, 2.05) is 24.5 Å². The van der Waals surface area contributed by atoms with E-state index in [2.05, 4.69) is 26.3 Å². The molecule has 0 radical (unpaired) electrons. The highest BCUT2D eigenvalue weighted by Gasteiger charge is 2.19. The van der Waals surface area contributed by atoms with Crippen LogP contribution in [-0.2, 0) is 18.8 Å². The highest BCUT2D eigenvalue weighted by Crippen LogP contribution is 2.26. The zero-order valence-electron chi connectivity index (χ0n) is 10.2. The number of alkyl halides is 1. The maximum Gasteiger partial charge on any atom is 0.225 e. The summed E-state index contributed by atoms with van der Waals surface area (Å²) in [6, 6.07) is 2.20. The number of fused-ring (bicyclic) bond motifs is 1. The minimum absolute atomic E-state index is 0.473. The summed E-state index contributed by atoms with van der Waals surface area (Å²) in [7, 11) is 0. The second-order valence-electron chi connectivity index (χ2n) is 4.45. The Morgan fingerprint density at radius 3 is 3.17 bits per heavy atom. The number of hydrogen-bond donors (Lipinski definition) is 0. The minimum Gasteiger partial charge on any atom is -0.336 e. The summed E-state index contributed by atoms with van der Waals surface area (Å²) in [5.74, 6) is 1.29. The van der Waals surface area contributed by atoms with Crippen molar-refractivity contribution >= 4 is 28.9 Å². The molecule has 94 valence electrons. The summed E-state index contributed by atoms with van der Waals surface area (Å²) in [5, 5.41) is 2.16. The molecule has 3 rings (SSSR count). The van der Waals surface area contributed by atoms with Crippen molar-refractivity contribution in [2.24, 2.45) is 0 Å². The SMILES string of the molecule is Cc1nc(N2CCc3sccc3C2)ncc1CCl. The average Bonchev–Trinajstić information content (AvgIpc) is 2.85. The fourth-order valence-electron chi connectivity index (χ4n) is 2.18. The third kappa shape index (κ3) is 2.10. The van der Waals surface area contributed by atoms with E-state index < -0.39 is 0 Å². The Morgan fingerprint density at radius 2 is 2.39 bits per heavy atom. The van der Waals surface area contributed by atoms with Crippen LogP contribution < -0.4 is 4.90 Å². The quantitative estimate of drug-likeness (QED) is 0.791. The van der Waals surface area contributed by atoms with Crippen LogP contribution in [0.2, 0.25) is 0 Å². The third-order valence-electron chi connectivity index (χ3n) is 3.30. The standard InChI is InChI=1S/C13H14ClN3S/c1-9-11(6-14)7-15-13(16-9)17-4-2-12-10(8-17)3-5-18-12/h3,5,7H,2,4,6,8H2,1H3. The molecule has 2 aromatic rings. The molecule has 0 fully saturated rings. The lowest BCUT2D eigenvalue weighted by Gasteiger charge is -2.27. The molecule has 2 aromatic heterocycles. The van der Waals surface area contributed by atoms with Gasteiger partial charge in [-0.15, -0.1) is 22.9 Å². The van der Waals surface area contributed by atoms with Crippen LogP contribution in [0.1, 0.15) is 21.7 Å². The van der Waals surface area contributed by atoms with E-state index in [0.29, 0.717) is 5.88 Å². The fraction of sp³-hybridized carbons (Fsp3) is 0.385. The Hall–Kier alpha value is -1.13. The van der Waals surface area contributed by atoms with Gasteiger partial charge < -0.3 is 4.90 Å². The van der Waals surface area contributed by atoms with Crippen molar-refractivity contribution in [2.75, 3.05) is 11.4 Å². The predicted molar refractivity (Wildman–Crippen MR) is 75.4 cm³/mol. The second kappa shape index (κ2) is 4.86. The topological polar surface area (TPSA) is 29.0 Å². The Labute approximate surface area is 115 Å². The molecule has 0 spiro atoms. The molecule has 1 aliphatic heterocycles. The molecular formula is C13H14ClN3S. The molecule has 5 heteroatoms. The first-order chi connectivity index (χ1) is 8.78. The van der Waals surface area contributed by atoms with Gasteiger partial charge in [-0.25, -0.2) is 9.97 Å². The molecule has 0 atom stereocenters. The fourth-order valence-corrected chi connectivity index (χ4v) is 3.33. The monoisotopic (exact) mass is 279 g/mol. The lowest BCUT2D eigenvalue weighted by atomic mass is 10.1. The van der Waals surface area contributed by atoms with Crippen LogP contribution in [0.15, 0.2) is 17.6 Å². The molecule has 3 heterocycles. The molecule has 0 unspecified atom stereocenters. The molecule has 0 bridgehead atoms. The number of aromatic nitrogens is 2. The number of rotatable bonds is 2. The van der Waals surface area contributed by atoms with E-state index >= 15 is 0 Å². The Balaban J connectivity index is 1.86. The Kier molecular flexibility index (Phi) is 3.22. The van der Waals surface area contributed by atoms with Crippen molar-refractivity contribution in [3.05, 3.63) is 39.3 Å². The lowest BCUT2D eigenvalue weighted by Crippen LogP contribution is -2.31. The van der Waals surface area contributed by atoms with Crippen molar-refractivity contribution in [3.8, 4) is 0 Å². The van der Waals surface area contributed by atoms with Gasteiger partial charge in [0.1, 0.15) is 0 Å².